The number of aromatic carboxylic acids is 1. The second kappa shape index (κ2) is 34.8. The van der Waals surface area contributed by atoms with Gasteiger partial charge in [0.05, 0.1) is 87.2 Å². The summed E-state index contributed by atoms with van der Waals surface area (Å²) >= 11 is 21.0. The number of aliphatic carboxylic acids is 1. The van der Waals surface area contributed by atoms with Crippen LogP contribution in [0.3, 0.4) is 0 Å². The summed E-state index contributed by atoms with van der Waals surface area (Å²) in [5.74, 6) is -4.01. The summed E-state index contributed by atoms with van der Waals surface area (Å²) in [7, 11) is -12.5. The Morgan fingerprint density at radius 1 is 0.484 bits per heavy atom. The lowest BCUT2D eigenvalue weighted by Gasteiger charge is -2.16. The SMILES string of the molecule is C[C@H](Br)C(=O)OCc1ccccc1.C[C@H](OC(=O)c1cc(S(N)(=O)=O)c(Cl)cc1NCc1ccco1)C(=O)O.C[C@H](OC(=O)c1cc(S(N)(=O)=O)c(Cl)cc1NCc1ccco1)C(=O)OCc1ccccc1.NS(=O)(=O)c1cc(C(=O)O)c(NCc2ccco2)cc1Cl. The van der Waals surface area contributed by atoms with Crippen LogP contribution >= 0.6 is 50.7 Å². The number of furan rings is 3. The smallest absolute Gasteiger partial charge is 0.347 e. The van der Waals surface area contributed by atoms with Gasteiger partial charge in [0.2, 0.25) is 30.1 Å². The molecule has 0 amide bonds. The van der Waals surface area contributed by atoms with Crippen molar-refractivity contribution in [3.05, 3.63) is 212 Å². The standard InChI is InChI=1S/C22H21ClN2O7S.C15H15ClN2O7S.C12H11ClN2O5S.C10H11BrO2/c1-14(21(26)31-13-15-6-3-2-4-7-15)32-22(27)17-10-20(33(24,28)29)18(23)11-19(17)25-12-16-8-5-9-30-16;1-8(14(19)20)25-15(21)10-5-13(26(17,22)23)11(16)6-12(10)18-7-9-3-2-4-24-9;13-9-5-10(15-6-7-2-1-3-20-7)8(12(16)17)4-11(9)21(14,18)19;1-8(11)10(12)13-7-9-5-3-2-4-6-9/h2-11,14,25H,12-13H2,1H3,(H2,24,28,29);2-6,8,18H,7H2,1H3,(H,19,20)(H2,17,22,23);1-5,15H,6H2,(H,16,17)(H2,14,18,19);2-6,8H,7H2,1H3/t14-;8-;;8-/m00.0/s1. The molecular formula is C59H58BrCl3N6O21S3. The Morgan fingerprint density at radius 2 is 0.806 bits per heavy atom. The highest BCUT2D eigenvalue weighted by Gasteiger charge is 2.28. The topological polar surface area (TPSA) is 436 Å². The lowest BCUT2D eigenvalue weighted by atomic mass is 10.1. The molecule has 8 aromatic rings. The van der Waals surface area contributed by atoms with Crippen molar-refractivity contribution in [1.82, 2.24) is 0 Å². The van der Waals surface area contributed by atoms with Crippen molar-refractivity contribution in [2.24, 2.45) is 15.4 Å². The van der Waals surface area contributed by atoms with Crippen LogP contribution in [0.15, 0.2) is 180 Å². The van der Waals surface area contributed by atoms with Gasteiger partial charge in [0.1, 0.15) is 50.0 Å². The Kier molecular flexibility index (Phi) is 28.0. The van der Waals surface area contributed by atoms with Crippen molar-refractivity contribution < 1.29 is 96.4 Å². The molecule has 93 heavy (non-hydrogen) atoms. The van der Waals surface area contributed by atoms with E-state index in [-0.39, 0.29) is 85.9 Å². The molecule has 0 aliphatic carbocycles. The van der Waals surface area contributed by atoms with Crippen LogP contribution in [0.2, 0.25) is 15.1 Å². The second-order valence-corrected chi connectivity index (χ2v) is 26.1. The molecule has 0 unspecified atom stereocenters. The molecule has 3 heterocycles. The summed E-state index contributed by atoms with van der Waals surface area (Å²) < 4.78 is 105. The zero-order valence-corrected chi connectivity index (χ0v) is 55.1. The van der Waals surface area contributed by atoms with Crippen molar-refractivity contribution in [1.29, 1.82) is 0 Å². The monoisotopic (exact) mass is 1470 g/mol. The molecule has 0 saturated heterocycles. The van der Waals surface area contributed by atoms with Crippen molar-refractivity contribution in [3.8, 4) is 0 Å². The number of carboxylic acids is 2. The van der Waals surface area contributed by atoms with Crippen LogP contribution < -0.4 is 31.4 Å². The average Bonchev–Trinajstić information content (AvgIpc) is 0.875. The first kappa shape index (κ1) is 75.0. The number of nitrogens with one attached hydrogen (secondary N) is 3. The molecule has 5 aromatic carbocycles. The van der Waals surface area contributed by atoms with E-state index in [0.29, 0.717) is 23.9 Å². The highest BCUT2D eigenvalue weighted by Crippen LogP contribution is 2.32. The average molecular weight is 1470 g/mol. The predicted octanol–water partition coefficient (Wildman–Crippen LogP) is 9.71. The molecule has 0 saturated carbocycles. The number of carboxylic acid groups (broad SMARTS) is 2. The van der Waals surface area contributed by atoms with E-state index in [1.165, 1.54) is 43.9 Å². The fourth-order valence-corrected chi connectivity index (χ4v) is 10.7. The number of ether oxygens (including phenoxy) is 4. The van der Waals surface area contributed by atoms with E-state index in [9.17, 15) is 54.0 Å². The molecule has 0 aliphatic heterocycles. The maximum Gasteiger partial charge on any atom is 0.347 e. The molecular weight excluding hydrogens is 1410 g/mol. The van der Waals surface area contributed by atoms with Gasteiger partial charge in [-0.2, -0.15) is 0 Å². The van der Waals surface area contributed by atoms with Crippen molar-refractivity contribution >= 4 is 134 Å². The molecule has 11 N–H and O–H groups in total. The van der Waals surface area contributed by atoms with Crippen molar-refractivity contribution in [3.63, 3.8) is 0 Å². The number of rotatable bonds is 24. The fraction of sp³-hybridized carbons (Fsp3) is 0.186. The minimum atomic E-state index is -4.23. The highest BCUT2D eigenvalue weighted by atomic mass is 79.9. The van der Waals surface area contributed by atoms with E-state index in [2.05, 4.69) is 31.9 Å². The zero-order valence-electron chi connectivity index (χ0n) is 48.8. The van der Waals surface area contributed by atoms with E-state index >= 15 is 0 Å². The van der Waals surface area contributed by atoms with Gasteiger partial charge in [-0.15, -0.1) is 0 Å². The Labute approximate surface area is 555 Å². The Bertz CT molecular complexity index is 4230. The lowest BCUT2D eigenvalue weighted by molar-refractivity contribution is -0.154. The largest absolute Gasteiger partial charge is 0.479 e. The number of alkyl halides is 1. The minimum Gasteiger partial charge on any atom is -0.479 e. The second-order valence-electron chi connectivity index (χ2n) is 19.0. The summed E-state index contributed by atoms with van der Waals surface area (Å²) in [5, 5.41) is 41.3. The van der Waals surface area contributed by atoms with Crippen LogP contribution in [0.4, 0.5) is 17.1 Å². The number of anilines is 3. The first-order chi connectivity index (χ1) is 43.7. The predicted molar refractivity (Wildman–Crippen MR) is 342 cm³/mol. The number of hydrogen-bond donors (Lipinski definition) is 8. The normalized spacial score (nSPS) is 12.0. The third-order valence-electron chi connectivity index (χ3n) is 11.9. The number of carbonyl (C=O) groups excluding carboxylic acids is 4. The third-order valence-corrected chi connectivity index (χ3v) is 16.4. The highest BCUT2D eigenvalue weighted by molar-refractivity contribution is 9.10. The number of carbonyl (C=O) groups is 6. The fourth-order valence-electron chi connectivity index (χ4n) is 7.29. The maximum atomic E-state index is 12.8. The minimum absolute atomic E-state index is 0.00796. The third kappa shape index (κ3) is 24.0. The Balaban J connectivity index is 0.000000235. The van der Waals surface area contributed by atoms with Gasteiger partial charge in [-0.05, 0) is 105 Å². The van der Waals surface area contributed by atoms with Crippen LogP contribution in [0.1, 0.15) is 80.3 Å². The van der Waals surface area contributed by atoms with E-state index < -0.39 is 86.8 Å². The van der Waals surface area contributed by atoms with Gasteiger partial charge >= 0.3 is 35.8 Å². The van der Waals surface area contributed by atoms with Gasteiger partial charge < -0.3 is 58.4 Å². The quantitative estimate of drug-likeness (QED) is 0.0158. The molecule has 34 heteroatoms. The lowest BCUT2D eigenvalue weighted by Crippen LogP contribution is -2.27. The number of nitrogens with two attached hydrogens (primary N) is 3. The van der Waals surface area contributed by atoms with Crippen LogP contribution in [0.5, 0.6) is 0 Å². The molecule has 0 spiro atoms. The van der Waals surface area contributed by atoms with Crippen LogP contribution in [0.25, 0.3) is 0 Å². The Morgan fingerprint density at radius 3 is 1.11 bits per heavy atom. The van der Waals surface area contributed by atoms with E-state index in [1.807, 2.05) is 36.4 Å². The summed E-state index contributed by atoms with van der Waals surface area (Å²) in [5.41, 5.74) is 1.55. The molecule has 0 fully saturated rings. The molecule has 0 aliphatic rings. The molecule has 0 radical (unpaired) electrons. The molecule has 0 bridgehead atoms. The number of sulfonamides is 3. The number of primary sulfonamides is 3. The summed E-state index contributed by atoms with van der Waals surface area (Å²) in [4.78, 5) is 68.9. The van der Waals surface area contributed by atoms with Crippen molar-refractivity contribution in [2.45, 2.75) is 85.3 Å². The number of halogens is 4. The van der Waals surface area contributed by atoms with E-state index in [1.54, 1.807) is 67.6 Å². The number of hydrogen-bond acceptors (Lipinski definition) is 22. The molecule has 3 atom stereocenters. The van der Waals surface area contributed by atoms with E-state index in [4.69, 9.17) is 92.6 Å². The molecule has 3 aromatic heterocycles. The van der Waals surface area contributed by atoms with Gasteiger partial charge in [-0.25, -0.2) is 64.6 Å². The first-order valence-electron chi connectivity index (χ1n) is 26.5. The molecule has 27 nitrogen and oxygen atoms in total. The van der Waals surface area contributed by atoms with Crippen LogP contribution in [0, 0.1) is 0 Å². The zero-order chi connectivity index (χ0) is 68.8. The van der Waals surface area contributed by atoms with Crippen LogP contribution in [-0.2, 0) is 96.2 Å². The molecule has 8 rings (SSSR count). The summed E-state index contributed by atoms with van der Waals surface area (Å²) in [6.07, 6.45) is 1.72. The molecule has 496 valence electrons. The van der Waals surface area contributed by atoms with Gasteiger partial charge in [0, 0.05) is 0 Å². The van der Waals surface area contributed by atoms with Gasteiger partial charge in [0.15, 0.2) is 12.2 Å². The van der Waals surface area contributed by atoms with Crippen molar-refractivity contribution in [2.75, 3.05) is 16.0 Å². The summed E-state index contributed by atoms with van der Waals surface area (Å²) in [6.45, 7) is 5.15. The number of esters is 4. The summed E-state index contributed by atoms with van der Waals surface area (Å²) in [6, 6.07) is 35.2. The van der Waals surface area contributed by atoms with Gasteiger partial charge in [-0.3, -0.25) is 4.79 Å². The van der Waals surface area contributed by atoms with Gasteiger partial charge in [0.25, 0.3) is 0 Å². The van der Waals surface area contributed by atoms with E-state index in [0.717, 1.165) is 36.2 Å². The first-order valence-corrected chi connectivity index (χ1v) is 33.2. The van der Waals surface area contributed by atoms with Gasteiger partial charge in [-0.1, -0.05) is 111 Å². The number of benzene rings is 5. The maximum absolute atomic E-state index is 12.8. The Hall–Kier alpha value is -8.76. The van der Waals surface area contributed by atoms with Crippen LogP contribution in [-0.4, -0.2) is 88.3 Å².